The zero-order chi connectivity index (χ0) is 18.7. The number of piperazine rings is 1. The maximum absolute atomic E-state index is 11.2. The molecule has 1 fully saturated rings. The highest BCUT2D eigenvalue weighted by Crippen LogP contribution is 2.03. The summed E-state index contributed by atoms with van der Waals surface area (Å²) in [7, 11) is -1.17. The molecular formula is C17H38IN5O2S. The van der Waals surface area contributed by atoms with Gasteiger partial charge >= 0.3 is 0 Å². The Kier molecular flexibility index (Phi) is 13.9. The van der Waals surface area contributed by atoms with E-state index in [4.69, 9.17) is 0 Å². The molecular weight excluding hydrogens is 465 g/mol. The van der Waals surface area contributed by atoms with Crippen molar-refractivity contribution in [3.8, 4) is 0 Å². The lowest BCUT2D eigenvalue weighted by atomic mass is 10.2. The van der Waals surface area contributed by atoms with Gasteiger partial charge in [-0.25, -0.2) is 8.42 Å². The number of nitrogens with zero attached hydrogens (tertiary/aromatic N) is 3. The van der Waals surface area contributed by atoms with E-state index in [1.165, 1.54) is 38.9 Å². The summed E-state index contributed by atoms with van der Waals surface area (Å²) in [5.41, 5.74) is 0. The molecule has 1 atom stereocenters. The minimum Gasteiger partial charge on any atom is -0.356 e. The molecule has 1 unspecified atom stereocenters. The molecule has 1 aliphatic rings. The fourth-order valence-corrected chi connectivity index (χ4v) is 3.67. The monoisotopic (exact) mass is 503 g/mol. The molecule has 1 heterocycles. The van der Waals surface area contributed by atoms with Crippen molar-refractivity contribution in [2.75, 3.05) is 64.9 Å². The molecule has 0 spiro atoms. The van der Waals surface area contributed by atoms with Crippen LogP contribution in [0.5, 0.6) is 0 Å². The van der Waals surface area contributed by atoms with E-state index in [1.54, 1.807) is 7.05 Å². The van der Waals surface area contributed by atoms with E-state index in [-0.39, 0.29) is 35.8 Å². The number of likely N-dealkylation sites (N-methyl/N-ethyl adjacent to an activating group) is 1. The molecule has 156 valence electrons. The molecule has 1 aliphatic heterocycles. The van der Waals surface area contributed by atoms with Crippen LogP contribution in [0.25, 0.3) is 0 Å². The first kappa shape index (κ1) is 25.9. The van der Waals surface area contributed by atoms with Gasteiger partial charge in [-0.2, -0.15) is 0 Å². The van der Waals surface area contributed by atoms with Crippen LogP contribution in [-0.2, 0) is 9.84 Å². The van der Waals surface area contributed by atoms with E-state index in [1.807, 2.05) is 6.92 Å². The van der Waals surface area contributed by atoms with Crippen LogP contribution in [0.2, 0.25) is 0 Å². The van der Waals surface area contributed by atoms with E-state index in [0.29, 0.717) is 6.42 Å². The average molecular weight is 503 g/mol. The van der Waals surface area contributed by atoms with Gasteiger partial charge in [0, 0.05) is 52.1 Å². The van der Waals surface area contributed by atoms with Gasteiger partial charge in [0.25, 0.3) is 0 Å². The summed E-state index contributed by atoms with van der Waals surface area (Å²) in [6.45, 7) is 12.2. The SMILES string of the molecule is CCN1CCN(CCCCNC(=NC)NC(C)CCS(C)(=O)=O)CC1.I. The number of sulfone groups is 1. The van der Waals surface area contributed by atoms with Gasteiger partial charge in [-0.3, -0.25) is 4.99 Å². The van der Waals surface area contributed by atoms with E-state index in [9.17, 15) is 8.42 Å². The number of halogens is 1. The van der Waals surface area contributed by atoms with Gasteiger partial charge in [0.05, 0.1) is 5.75 Å². The first-order valence-corrected chi connectivity index (χ1v) is 11.5. The smallest absolute Gasteiger partial charge is 0.191 e. The summed E-state index contributed by atoms with van der Waals surface area (Å²) in [6.07, 6.45) is 4.14. The summed E-state index contributed by atoms with van der Waals surface area (Å²) in [4.78, 5) is 9.25. The van der Waals surface area contributed by atoms with E-state index >= 15 is 0 Å². The van der Waals surface area contributed by atoms with Crippen molar-refractivity contribution in [1.82, 2.24) is 20.4 Å². The normalized spacial score (nSPS) is 18.2. The number of guanidine groups is 1. The topological polar surface area (TPSA) is 77.0 Å². The Morgan fingerprint density at radius 1 is 1.15 bits per heavy atom. The van der Waals surface area contributed by atoms with E-state index < -0.39 is 9.84 Å². The zero-order valence-corrected chi connectivity index (χ0v) is 20.0. The quantitative estimate of drug-likeness (QED) is 0.201. The molecule has 0 aromatic carbocycles. The van der Waals surface area contributed by atoms with Gasteiger partial charge in [0.1, 0.15) is 9.84 Å². The summed E-state index contributed by atoms with van der Waals surface area (Å²) >= 11 is 0. The molecule has 1 saturated heterocycles. The molecule has 0 bridgehead atoms. The summed E-state index contributed by atoms with van der Waals surface area (Å²) < 4.78 is 22.4. The fourth-order valence-electron chi connectivity index (χ4n) is 2.89. The van der Waals surface area contributed by atoms with E-state index in [0.717, 1.165) is 32.0 Å². The molecule has 9 heteroatoms. The van der Waals surface area contributed by atoms with Crippen molar-refractivity contribution in [2.24, 2.45) is 4.99 Å². The number of unbranched alkanes of at least 4 members (excludes halogenated alkanes) is 1. The molecule has 7 nitrogen and oxygen atoms in total. The first-order chi connectivity index (χ1) is 11.8. The number of hydrogen-bond donors (Lipinski definition) is 2. The molecule has 2 N–H and O–H groups in total. The van der Waals surface area contributed by atoms with Gasteiger partial charge in [-0.15, -0.1) is 24.0 Å². The molecule has 0 aromatic rings. The van der Waals surface area contributed by atoms with Gasteiger partial charge in [0.15, 0.2) is 5.96 Å². The van der Waals surface area contributed by atoms with Gasteiger partial charge < -0.3 is 20.4 Å². The minimum atomic E-state index is -2.91. The lowest BCUT2D eigenvalue weighted by Crippen LogP contribution is -2.46. The van der Waals surface area contributed by atoms with Crippen LogP contribution < -0.4 is 10.6 Å². The van der Waals surface area contributed by atoms with Crippen LogP contribution in [0.3, 0.4) is 0 Å². The van der Waals surface area contributed by atoms with Crippen LogP contribution in [0.1, 0.15) is 33.1 Å². The third-order valence-corrected chi connectivity index (χ3v) is 5.61. The lowest BCUT2D eigenvalue weighted by Gasteiger charge is -2.34. The van der Waals surface area contributed by atoms with E-state index in [2.05, 4.69) is 32.3 Å². The maximum atomic E-state index is 11.2. The average Bonchev–Trinajstić information content (AvgIpc) is 2.58. The number of nitrogens with one attached hydrogen (secondary N) is 2. The highest BCUT2D eigenvalue weighted by Gasteiger charge is 2.14. The van der Waals surface area contributed by atoms with Crippen LogP contribution in [0.4, 0.5) is 0 Å². The summed E-state index contributed by atoms with van der Waals surface area (Å²) in [5, 5.41) is 6.56. The van der Waals surface area contributed by atoms with Gasteiger partial charge in [-0.1, -0.05) is 6.92 Å². The zero-order valence-electron chi connectivity index (χ0n) is 16.8. The predicted octanol–water partition coefficient (Wildman–Crippen LogP) is 1.01. The highest BCUT2D eigenvalue weighted by molar-refractivity contribution is 14.0. The molecule has 1 rings (SSSR count). The number of aliphatic imine (C=N–C) groups is 1. The Bertz CT molecular complexity index is 493. The summed E-state index contributed by atoms with van der Waals surface area (Å²) in [5.74, 6) is 0.946. The molecule has 0 aromatic heterocycles. The fraction of sp³-hybridized carbons (Fsp3) is 0.941. The molecule has 0 aliphatic carbocycles. The molecule has 0 saturated carbocycles. The third-order valence-electron chi connectivity index (χ3n) is 4.63. The van der Waals surface area contributed by atoms with Crippen molar-refractivity contribution in [3.63, 3.8) is 0 Å². The lowest BCUT2D eigenvalue weighted by molar-refractivity contribution is 0.136. The Morgan fingerprint density at radius 2 is 1.77 bits per heavy atom. The first-order valence-electron chi connectivity index (χ1n) is 9.43. The Morgan fingerprint density at radius 3 is 2.31 bits per heavy atom. The van der Waals surface area contributed by atoms with Crippen LogP contribution >= 0.6 is 24.0 Å². The molecule has 0 amide bonds. The van der Waals surface area contributed by atoms with Crippen molar-refractivity contribution < 1.29 is 8.42 Å². The number of rotatable bonds is 10. The second-order valence-electron chi connectivity index (χ2n) is 6.95. The second-order valence-corrected chi connectivity index (χ2v) is 9.21. The van der Waals surface area contributed by atoms with Crippen molar-refractivity contribution in [2.45, 2.75) is 39.2 Å². The van der Waals surface area contributed by atoms with Crippen LogP contribution in [0, 0.1) is 0 Å². The standard InChI is InChI=1S/C17H37N5O2S.HI/c1-5-21-11-13-22(14-12-21)10-7-6-9-19-17(18-3)20-16(2)8-15-25(4,23)24;/h16H,5-15H2,1-4H3,(H2,18,19,20);1H. The largest absolute Gasteiger partial charge is 0.356 e. The van der Waals surface area contributed by atoms with Gasteiger partial charge in [-0.05, 0) is 39.3 Å². The maximum Gasteiger partial charge on any atom is 0.191 e. The van der Waals surface area contributed by atoms with Gasteiger partial charge in [0.2, 0.25) is 0 Å². The van der Waals surface area contributed by atoms with Crippen molar-refractivity contribution in [3.05, 3.63) is 0 Å². The highest BCUT2D eigenvalue weighted by atomic mass is 127. The number of hydrogen-bond acceptors (Lipinski definition) is 5. The second kappa shape index (κ2) is 14.0. The van der Waals surface area contributed by atoms with Crippen LogP contribution in [0.15, 0.2) is 4.99 Å². The predicted molar refractivity (Wildman–Crippen MR) is 121 cm³/mol. The molecule has 0 radical (unpaired) electrons. The van der Waals surface area contributed by atoms with Crippen molar-refractivity contribution in [1.29, 1.82) is 0 Å². The minimum absolute atomic E-state index is 0. The Labute approximate surface area is 177 Å². The van der Waals surface area contributed by atoms with Crippen LogP contribution in [-0.4, -0.2) is 95.1 Å². The third kappa shape index (κ3) is 12.3. The summed E-state index contributed by atoms with van der Waals surface area (Å²) in [6, 6.07) is 0.0794. The Balaban J connectivity index is 0.00000625. The van der Waals surface area contributed by atoms with Crippen molar-refractivity contribution >= 4 is 39.8 Å². The Hall–Kier alpha value is -0.130. The molecule has 26 heavy (non-hydrogen) atoms.